The van der Waals surface area contributed by atoms with Gasteiger partial charge in [-0.05, 0) is 62.7 Å². The van der Waals surface area contributed by atoms with E-state index in [2.05, 4.69) is 20.8 Å². The van der Waals surface area contributed by atoms with Crippen LogP contribution in [0.3, 0.4) is 0 Å². The number of aromatic nitrogens is 3. The molecule has 0 bridgehead atoms. The molecule has 10 heteroatoms. The zero-order chi connectivity index (χ0) is 25.2. The number of anilines is 1. The Morgan fingerprint density at radius 1 is 1.00 bits per heavy atom. The fourth-order valence-corrected chi connectivity index (χ4v) is 4.25. The molecule has 186 valence electrons. The second-order valence-electron chi connectivity index (χ2n) is 7.69. The third kappa shape index (κ3) is 7.48. The Hall–Kier alpha value is -3.53. The summed E-state index contributed by atoms with van der Waals surface area (Å²) in [5.74, 6) is 2.07. The van der Waals surface area contributed by atoms with Gasteiger partial charge in [0.25, 0.3) is 0 Å². The van der Waals surface area contributed by atoms with Gasteiger partial charge in [-0.15, -0.1) is 10.2 Å². The second-order valence-corrected chi connectivity index (χ2v) is 8.64. The first-order valence-corrected chi connectivity index (χ1v) is 12.4. The summed E-state index contributed by atoms with van der Waals surface area (Å²) in [7, 11) is 1.61. The highest BCUT2D eigenvalue weighted by atomic mass is 32.2. The van der Waals surface area contributed by atoms with Crippen LogP contribution in [-0.4, -0.2) is 46.0 Å². The summed E-state index contributed by atoms with van der Waals surface area (Å²) in [6.07, 6.45) is 0.252. The van der Waals surface area contributed by atoms with Gasteiger partial charge < -0.3 is 24.7 Å². The largest absolute Gasteiger partial charge is 0.497 e. The van der Waals surface area contributed by atoms with Crippen LogP contribution < -0.4 is 20.1 Å². The average molecular weight is 498 g/mol. The minimum absolute atomic E-state index is 0.114. The Balaban J connectivity index is 1.54. The maximum absolute atomic E-state index is 12.5. The molecule has 2 aromatic carbocycles. The monoisotopic (exact) mass is 497 g/mol. The fraction of sp³-hybridized carbons (Fsp3) is 0.360. The zero-order valence-electron chi connectivity index (χ0n) is 20.4. The number of carbonyl (C=O) groups excluding carboxylic acids is 2. The molecule has 0 aliphatic heterocycles. The Bertz CT molecular complexity index is 1120. The summed E-state index contributed by atoms with van der Waals surface area (Å²) in [4.78, 5) is 24.9. The van der Waals surface area contributed by atoms with Crippen molar-refractivity contribution in [2.24, 2.45) is 0 Å². The van der Waals surface area contributed by atoms with E-state index in [1.165, 1.54) is 11.8 Å². The molecule has 3 aromatic rings. The van der Waals surface area contributed by atoms with Crippen molar-refractivity contribution in [3.05, 3.63) is 59.9 Å². The van der Waals surface area contributed by atoms with Crippen LogP contribution in [0.4, 0.5) is 5.69 Å². The van der Waals surface area contributed by atoms with Gasteiger partial charge >= 0.3 is 0 Å². The Morgan fingerprint density at radius 3 is 2.31 bits per heavy atom. The number of nitrogens with zero attached hydrogens (tertiary/aromatic N) is 3. The maximum Gasteiger partial charge on any atom is 0.234 e. The summed E-state index contributed by atoms with van der Waals surface area (Å²) in [5, 5.41) is 15.0. The third-order valence-corrected chi connectivity index (χ3v) is 6.10. The average Bonchev–Trinajstić information content (AvgIpc) is 3.27. The molecule has 0 aliphatic carbocycles. The molecular weight excluding hydrogens is 466 g/mol. The normalized spacial score (nSPS) is 11.5. The number of amides is 2. The van der Waals surface area contributed by atoms with Gasteiger partial charge in [0.2, 0.25) is 11.8 Å². The first-order chi connectivity index (χ1) is 16.9. The molecule has 0 saturated heterocycles. The number of methoxy groups -OCH3 is 1. The molecule has 2 amide bonds. The first-order valence-electron chi connectivity index (χ1n) is 11.4. The number of nitrogens with one attached hydrogen (secondary N) is 2. The van der Waals surface area contributed by atoms with Gasteiger partial charge in [0, 0.05) is 12.2 Å². The Kier molecular flexibility index (Phi) is 9.54. The fourth-order valence-electron chi connectivity index (χ4n) is 3.44. The van der Waals surface area contributed by atoms with E-state index in [0.29, 0.717) is 29.8 Å². The number of hydrogen-bond donors (Lipinski definition) is 2. The lowest BCUT2D eigenvalue weighted by atomic mass is 10.1. The zero-order valence-corrected chi connectivity index (χ0v) is 21.2. The quantitative estimate of drug-likeness (QED) is 0.366. The predicted molar refractivity (Wildman–Crippen MR) is 136 cm³/mol. The number of ether oxygens (including phenoxy) is 2. The topological polar surface area (TPSA) is 107 Å². The third-order valence-electron chi connectivity index (χ3n) is 5.13. The minimum Gasteiger partial charge on any atom is -0.497 e. The number of hydrogen-bond acceptors (Lipinski definition) is 7. The molecule has 9 nitrogen and oxygen atoms in total. The molecule has 3 rings (SSSR count). The SMILES string of the molecule is CCOc1ccc(NC(=O)CSc2nnc([C@H](C)NC(=O)Cc3ccc(OC)cc3)n2CC)cc1. The van der Waals surface area contributed by atoms with E-state index in [1.807, 2.05) is 61.7 Å². The van der Waals surface area contributed by atoms with Crippen LogP contribution in [0.5, 0.6) is 11.5 Å². The Morgan fingerprint density at radius 2 is 1.69 bits per heavy atom. The van der Waals surface area contributed by atoms with Crippen molar-refractivity contribution in [3.63, 3.8) is 0 Å². The van der Waals surface area contributed by atoms with Crippen LogP contribution in [0.25, 0.3) is 0 Å². The van der Waals surface area contributed by atoms with Crippen molar-refractivity contribution in [2.45, 2.75) is 44.9 Å². The van der Waals surface area contributed by atoms with Crippen molar-refractivity contribution >= 4 is 29.3 Å². The molecule has 0 unspecified atom stereocenters. The van der Waals surface area contributed by atoms with E-state index in [9.17, 15) is 9.59 Å². The van der Waals surface area contributed by atoms with E-state index >= 15 is 0 Å². The lowest BCUT2D eigenvalue weighted by molar-refractivity contribution is -0.121. The van der Waals surface area contributed by atoms with Crippen LogP contribution in [0.1, 0.15) is 38.2 Å². The van der Waals surface area contributed by atoms with Gasteiger partial charge in [-0.2, -0.15) is 0 Å². The molecule has 0 saturated carbocycles. The van der Waals surface area contributed by atoms with Crippen molar-refractivity contribution in [3.8, 4) is 11.5 Å². The summed E-state index contributed by atoms with van der Waals surface area (Å²) in [5.41, 5.74) is 1.59. The van der Waals surface area contributed by atoms with E-state index in [0.717, 1.165) is 17.1 Å². The van der Waals surface area contributed by atoms with Crippen LogP contribution in [0, 0.1) is 0 Å². The smallest absolute Gasteiger partial charge is 0.234 e. The van der Waals surface area contributed by atoms with Gasteiger partial charge in [0.15, 0.2) is 11.0 Å². The first kappa shape index (κ1) is 26.1. The van der Waals surface area contributed by atoms with Gasteiger partial charge in [-0.3, -0.25) is 9.59 Å². The van der Waals surface area contributed by atoms with Crippen molar-refractivity contribution in [1.82, 2.24) is 20.1 Å². The molecule has 35 heavy (non-hydrogen) atoms. The molecule has 1 aromatic heterocycles. The van der Waals surface area contributed by atoms with Gasteiger partial charge in [-0.25, -0.2) is 0 Å². The highest BCUT2D eigenvalue weighted by Gasteiger charge is 2.20. The van der Waals surface area contributed by atoms with E-state index in [1.54, 1.807) is 19.2 Å². The van der Waals surface area contributed by atoms with Crippen LogP contribution in [0.2, 0.25) is 0 Å². The molecule has 1 heterocycles. The summed E-state index contributed by atoms with van der Waals surface area (Å²) in [6, 6.07) is 14.3. The number of benzene rings is 2. The lowest BCUT2D eigenvalue weighted by Crippen LogP contribution is -2.30. The molecular formula is C25H31N5O4S. The van der Waals surface area contributed by atoms with Gasteiger partial charge in [0.05, 0.1) is 31.9 Å². The molecule has 0 spiro atoms. The second kappa shape index (κ2) is 12.8. The predicted octanol–water partition coefficient (Wildman–Crippen LogP) is 3.86. The minimum atomic E-state index is -0.333. The lowest BCUT2D eigenvalue weighted by Gasteiger charge is -2.15. The molecule has 2 N–H and O–H groups in total. The van der Waals surface area contributed by atoms with E-state index in [4.69, 9.17) is 9.47 Å². The van der Waals surface area contributed by atoms with E-state index < -0.39 is 0 Å². The van der Waals surface area contributed by atoms with Crippen molar-refractivity contribution in [1.29, 1.82) is 0 Å². The summed E-state index contributed by atoms with van der Waals surface area (Å²) in [6.45, 7) is 6.97. The van der Waals surface area contributed by atoms with Crippen molar-refractivity contribution < 1.29 is 19.1 Å². The van der Waals surface area contributed by atoms with Crippen molar-refractivity contribution in [2.75, 3.05) is 24.8 Å². The Labute approximate surface area is 209 Å². The van der Waals surface area contributed by atoms with Gasteiger partial charge in [0.1, 0.15) is 11.5 Å². The number of thioether (sulfide) groups is 1. The highest BCUT2D eigenvalue weighted by molar-refractivity contribution is 7.99. The molecule has 1 atom stereocenters. The van der Waals surface area contributed by atoms with Crippen LogP contribution in [-0.2, 0) is 22.6 Å². The summed E-state index contributed by atoms with van der Waals surface area (Å²) >= 11 is 1.30. The molecule has 0 radical (unpaired) electrons. The van der Waals surface area contributed by atoms with Crippen LogP contribution >= 0.6 is 11.8 Å². The molecule has 0 fully saturated rings. The standard InChI is InChI=1S/C25H31N5O4S/c1-5-30-24(17(3)26-22(31)15-18-7-11-20(33-4)12-8-18)28-29-25(30)35-16-23(32)27-19-9-13-21(14-10-19)34-6-2/h7-14,17H,5-6,15-16H2,1-4H3,(H,26,31)(H,27,32)/t17-/m0/s1. The highest BCUT2D eigenvalue weighted by Crippen LogP contribution is 2.22. The maximum atomic E-state index is 12.5. The summed E-state index contributed by atoms with van der Waals surface area (Å²) < 4.78 is 12.5. The van der Waals surface area contributed by atoms with Crippen LogP contribution in [0.15, 0.2) is 53.7 Å². The number of carbonyl (C=O) groups is 2. The molecule has 0 aliphatic rings. The van der Waals surface area contributed by atoms with Gasteiger partial charge in [-0.1, -0.05) is 23.9 Å². The van der Waals surface area contributed by atoms with E-state index in [-0.39, 0.29) is 30.0 Å². The number of rotatable bonds is 12.